The number of hydrogen-bond acceptors (Lipinski definition) is 5. The molecule has 2 aromatic heterocycles. The predicted molar refractivity (Wildman–Crippen MR) is 103 cm³/mol. The number of aryl methyl sites for hydroxylation is 1. The van der Waals surface area contributed by atoms with Gasteiger partial charge >= 0.3 is 0 Å². The molecule has 1 saturated heterocycles. The van der Waals surface area contributed by atoms with Crippen LogP contribution < -0.4 is 4.74 Å². The number of methoxy groups -OCH3 is 1. The van der Waals surface area contributed by atoms with Crippen LogP contribution in [0, 0.1) is 6.92 Å². The van der Waals surface area contributed by atoms with Crippen molar-refractivity contribution < 1.29 is 14.6 Å². The van der Waals surface area contributed by atoms with Crippen LogP contribution in [-0.4, -0.2) is 55.7 Å². The van der Waals surface area contributed by atoms with Crippen molar-refractivity contribution in [3.63, 3.8) is 0 Å². The predicted octanol–water partition coefficient (Wildman–Crippen LogP) is 2.57. The number of hydrogen-bond donors (Lipinski definition) is 1. The minimum absolute atomic E-state index is 0.0631. The van der Waals surface area contributed by atoms with E-state index in [0.29, 0.717) is 13.1 Å². The maximum absolute atomic E-state index is 13.0. The van der Waals surface area contributed by atoms with E-state index in [1.54, 1.807) is 24.1 Å². The Morgan fingerprint density at radius 3 is 2.71 bits per heavy atom. The van der Waals surface area contributed by atoms with Crippen LogP contribution in [0.3, 0.4) is 0 Å². The number of piperidine rings is 1. The van der Waals surface area contributed by atoms with Crippen LogP contribution in [0.2, 0.25) is 0 Å². The molecule has 0 bridgehead atoms. The van der Waals surface area contributed by atoms with Crippen LogP contribution in [0.25, 0.3) is 5.69 Å². The molecule has 1 aliphatic heterocycles. The normalized spacial score (nSPS) is 16.9. The van der Waals surface area contributed by atoms with Gasteiger partial charge in [-0.1, -0.05) is 0 Å². The van der Waals surface area contributed by atoms with E-state index < -0.39 is 0 Å². The third-order valence-electron chi connectivity index (χ3n) is 5.02. The SMILES string of the molecule is COc1ccc(-n2cc(O)c(C(=O)N3CCCC(n4cc(C)cn4)C3)n2)cc1. The Morgan fingerprint density at radius 2 is 2.04 bits per heavy atom. The molecule has 1 aliphatic rings. The van der Waals surface area contributed by atoms with E-state index >= 15 is 0 Å². The first-order valence-corrected chi connectivity index (χ1v) is 9.28. The first-order valence-electron chi connectivity index (χ1n) is 9.28. The number of nitrogens with zero attached hydrogens (tertiary/aromatic N) is 5. The van der Waals surface area contributed by atoms with E-state index in [-0.39, 0.29) is 23.4 Å². The van der Waals surface area contributed by atoms with Crippen LogP contribution in [-0.2, 0) is 0 Å². The second-order valence-corrected chi connectivity index (χ2v) is 7.05. The molecule has 8 heteroatoms. The summed E-state index contributed by atoms with van der Waals surface area (Å²) in [4.78, 5) is 14.7. The number of carbonyl (C=O) groups is 1. The van der Waals surface area contributed by atoms with E-state index in [1.807, 2.05) is 36.1 Å². The van der Waals surface area contributed by atoms with Gasteiger partial charge in [-0.3, -0.25) is 9.48 Å². The molecule has 1 aromatic carbocycles. The van der Waals surface area contributed by atoms with E-state index in [0.717, 1.165) is 29.8 Å². The van der Waals surface area contributed by atoms with Gasteiger partial charge in [-0.2, -0.15) is 10.2 Å². The molecule has 1 atom stereocenters. The third-order valence-corrected chi connectivity index (χ3v) is 5.02. The van der Waals surface area contributed by atoms with Crippen molar-refractivity contribution in [1.29, 1.82) is 0 Å². The zero-order valence-corrected chi connectivity index (χ0v) is 15.9. The van der Waals surface area contributed by atoms with E-state index in [2.05, 4.69) is 10.2 Å². The molecule has 0 radical (unpaired) electrons. The third kappa shape index (κ3) is 3.45. The molecular formula is C20H23N5O3. The minimum atomic E-state index is -0.265. The molecule has 3 heterocycles. The number of carbonyl (C=O) groups excluding carboxylic acids is 1. The maximum atomic E-state index is 13.0. The van der Waals surface area contributed by atoms with Gasteiger partial charge in [0.05, 0.1) is 31.2 Å². The number of aromatic hydroxyl groups is 1. The first-order chi connectivity index (χ1) is 13.5. The lowest BCUT2D eigenvalue weighted by molar-refractivity contribution is 0.0663. The summed E-state index contributed by atoms with van der Waals surface area (Å²) >= 11 is 0. The Bertz CT molecular complexity index is 976. The summed E-state index contributed by atoms with van der Waals surface area (Å²) in [5, 5.41) is 19.0. The summed E-state index contributed by atoms with van der Waals surface area (Å²) < 4.78 is 8.57. The molecule has 1 N–H and O–H groups in total. The van der Waals surface area contributed by atoms with Crippen molar-refractivity contribution in [2.75, 3.05) is 20.2 Å². The summed E-state index contributed by atoms with van der Waals surface area (Å²) in [5.41, 5.74) is 1.89. The topological polar surface area (TPSA) is 85.4 Å². The van der Waals surface area contributed by atoms with Crippen molar-refractivity contribution in [3.8, 4) is 17.2 Å². The molecule has 0 spiro atoms. The largest absolute Gasteiger partial charge is 0.504 e. The maximum Gasteiger partial charge on any atom is 0.278 e. The highest BCUT2D eigenvalue weighted by atomic mass is 16.5. The summed E-state index contributed by atoms with van der Waals surface area (Å²) in [6.45, 7) is 3.19. The molecule has 0 saturated carbocycles. The standard InChI is InChI=1S/C20H23N5O3/c1-14-10-21-24(11-14)16-4-3-9-23(12-16)20(27)19-18(26)13-25(22-19)15-5-7-17(28-2)8-6-15/h5-8,10-11,13,16,26H,3-4,9,12H2,1-2H3. The van der Waals surface area contributed by atoms with Crippen molar-refractivity contribution in [2.45, 2.75) is 25.8 Å². The molecule has 8 nitrogen and oxygen atoms in total. The summed E-state index contributed by atoms with van der Waals surface area (Å²) in [7, 11) is 1.60. The van der Waals surface area contributed by atoms with Crippen LogP contribution in [0.1, 0.15) is 34.9 Å². The molecule has 3 aromatic rings. The lowest BCUT2D eigenvalue weighted by atomic mass is 10.1. The molecule has 1 unspecified atom stereocenters. The fraction of sp³-hybridized carbons (Fsp3) is 0.350. The monoisotopic (exact) mass is 381 g/mol. The zero-order chi connectivity index (χ0) is 19.7. The Morgan fingerprint density at radius 1 is 1.25 bits per heavy atom. The average molecular weight is 381 g/mol. The van der Waals surface area contributed by atoms with Crippen LogP contribution in [0.4, 0.5) is 0 Å². The molecule has 1 amide bonds. The number of benzene rings is 1. The highest BCUT2D eigenvalue weighted by molar-refractivity contribution is 5.95. The summed E-state index contributed by atoms with van der Waals surface area (Å²) in [6.07, 6.45) is 7.12. The van der Waals surface area contributed by atoms with Crippen molar-refractivity contribution >= 4 is 5.91 Å². The molecule has 28 heavy (non-hydrogen) atoms. The van der Waals surface area contributed by atoms with E-state index in [4.69, 9.17) is 4.74 Å². The van der Waals surface area contributed by atoms with Gasteiger partial charge in [0.2, 0.25) is 0 Å². The number of ether oxygens (including phenoxy) is 1. The van der Waals surface area contributed by atoms with E-state index in [1.165, 1.54) is 10.9 Å². The lowest BCUT2D eigenvalue weighted by Crippen LogP contribution is -2.41. The number of aromatic nitrogens is 4. The smallest absolute Gasteiger partial charge is 0.278 e. The molecule has 0 aliphatic carbocycles. The summed E-state index contributed by atoms with van der Waals surface area (Å²) in [5.74, 6) is 0.334. The van der Waals surface area contributed by atoms with Crippen molar-refractivity contribution in [1.82, 2.24) is 24.5 Å². The number of amides is 1. The van der Waals surface area contributed by atoms with Crippen LogP contribution >= 0.6 is 0 Å². The van der Waals surface area contributed by atoms with Crippen LogP contribution in [0.15, 0.2) is 42.9 Å². The van der Waals surface area contributed by atoms with Crippen molar-refractivity contribution in [3.05, 3.63) is 54.1 Å². The molecule has 1 fully saturated rings. The van der Waals surface area contributed by atoms with Gasteiger partial charge in [0.15, 0.2) is 11.4 Å². The zero-order valence-electron chi connectivity index (χ0n) is 15.9. The number of rotatable bonds is 4. The lowest BCUT2D eigenvalue weighted by Gasteiger charge is -2.32. The van der Waals surface area contributed by atoms with E-state index in [9.17, 15) is 9.90 Å². The molecule has 4 rings (SSSR count). The number of likely N-dealkylation sites (tertiary alicyclic amines) is 1. The minimum Gasteiger partial charge on any atom is -0.504 e. The Labute approximate surface area is 163 Å². The van der Waals surface area contributed by atoms with Crippen LogP contribution in [0.5, 0.6) is 11.5 Å². The van der Waals surface area contributed by atoms with Gasteiger partial charge in [-0.15, -0.1) is 0 Å². The highest BCUT2D eigenvalue weighted by Gasteiger charge is 2.29. The van der Waals surface area contributed by atoms with Gasteiger partial charge in [0.25, 0.3) is 5.91 Å². The fourth-order valence-corrected chi connectivity index (χ4v) is 3.52. The Balaban J connectivity index is 1.53. The first kappa shape index (κ1) is 18.1. The summed E-state index contributed by atoms with van der Waals surface area (Å²) in [6, 6.07) is 7.37. The van der Waals surface area contributed by atoms with Gasteiger partial charge in [-0.25, -0.2) is 4.68 Å². The quantitative estimate of drug-likeness (QED) is 0.751. The van der Waals surface area contributed by atoms with Gasteiger partial charge < -0.3 is 14.7 Å². The average Bonchev–Trinajstić information content (AvgIpc) is 3.33. The molecule has 146 valence electrons. The fourth-order valence-electron chi connectivity index (χ4n) is 3.52. The molecular weight excluding hydrogens is 358 g/mol. The second kappa shape index (κ2) is 7.38. The van der Waals surface area contributed by atoms with Gasteiger partial charge in [0, 0.05) is 19.3 Å². The highest BCUT2D eigenvalue weighted by Crippen LogP contribution is 2.26. The Hall–Kier alpha value is -3.29. The van der Waals surface area contributed by atoms with Gasteiger partial charge in [0.1, 0.15) is 5.75 Å². The van der Waals surface area contributed by atoms with Gasteiger partial charge in [-0.05, 0) is 49.6 Å². The van der Waals surface area contributed by atoms with Crippen molar-refractivity contribution in [2.24, 2.45) is 0 Å². The second-order valence-electron chi connectivity index (χ2n) is 7.05. The Kier molecular flexibility index (Phi) is 4.77.